The standard InChI is InChI=1S/C18H23N7O3/c19-16(26)11-25-10-14(8-21-25)23-18(28)22-13-4-1-3-12(7-13)9-24-6-2-5-15(24)17(20)27/h1,3-4,7-8,10,15H,2,5-6,9,11H2,(H2,19,26)(H2,20,27)(H2,22,23,28)/t15-/m1/s1. The Bertz CT molecular complexity index is 880. The smallest absolute Gasteiger partial charge is 0.323 e. The van der Waals surface area contributed by atoms with Crippen molar-refractivity contribution in [3.8, 4) is 0 Å². The second-order valence-corrected chi connectivity index (χ2v) is 6.70. The molecule has 4 amide bonds. The van der Waals surface area contributed by atoms with Gasteiger partial charge in [0.05, 0.1) is 17.9 Å². The van der Waals surface area contributed by atoms with Crippen molar-refractivity contribution in [2.24, 2.45) is 11.5 Å². The summed E-state index contributed by atoms with van der Waals surface area (Å²) < 4.78 is 1.34. The molecular formula is C18H23N7O3. The van der Waals surface area contributed by atoms with Crippen LogP contribution in [0, 0.1) is 0 Å². The lowest BCUT2D eigenvalue weighted by molar-refractivity contribution is -0.122. The quantitative estimate of drug-likeness (QED) is 0.546. The van der Waals surface area contributed by atoms with Crippen LogP contribution in [0.2, 0.25) is 0 Å². The Kier molecular flexibility index (Phi) is 5.90. The Hall–Kier alpha value is -3.40. The molecule has 28 heavy (non-hydrogen) atoms. The highest BCUT2D eigenvalue weighted by Crippen LogP contribution is 2.21. The minimum absolute atomic E-state index is 0.0614. The van der Waals surface area contributed by atoms with E-state index in [1.807, 2.05) is 18.2 Å². The van der Waals surface area contributed by atoms with E-state index in [1.165, 1.54) is 17.1 Å². The van der Waals surface area contributed by atoms with Crippen molar-refractivity contribution in [2.75, 3.05) is 17.2 Å². The van der Waals surface area contributed by atoms with Gasteiger partial charge in [0.15, 0.2) is 0 Å². The monoisotopic (exact) mass is 385 g/mol. The lowest BCUT2D eigenvalue weighted by Crippen LogP contribution is -2.39. The molecule has 10 heteroatoms. The topological polar surface area (TPSA) is 148 Å². The van der Waals surface area contributed by atoms with E-state index in [2.05, 4.69) is 20.6 Å². The van der Waals surface area contributed by atoms with Gasteiger partial charge in [-0.25, -0.2) is 4.79 Å². The van der Waals surface area contributed by atoms with Gasteiger partial charge in [-0.2, -0.15) is 5.10 Å². The number of hydrogen-bond acceptors (Lipinski definition) is 5. The number of rotatable bonds is 7. The number of urea groups is 1. The normalized spacial score (nSPS) is 16.6. The lowest BCUT2D eigenvalue weighted by Gasteiger charge is -2.22. The van der Waals surface area contributed by atoms with Crippen molar-refractivity contribution in [1.82, 2.24) is 14.7 Å². The molecule has 10 nitrogen and oxygen atoms in total. The molecular weight excluding hydrogens is 362 g/mol. The first-order chi connectivity index (χ1) is 13.4. The molecule has 0 unspecified atom stereocenters. The zero-order valence-electron chi connectivity index (χ0n) is 15.3. The minimum Gasteiger partial charge on any atom is -0.368 e. The summed E-state index contributed by atoms with van der Waals surface area (Å²) in [6, 6.07) is 6.73. The van der Waals surface area contributed by atoms with Crippen molar-refractivity contribution in [1.29, 1.82) is 0 Å². The van der Waals surface area contributed by atoms with Crippen molar-refractivity contribution in [2.45, 2.75) is 32.0 Å². The van der Waals surface area contributed by atoms with Crippen molar-refractivity contribution in [3.63, 3.8) is 0 Å². The number of hydrogen-bond donors (Lipinski definition) is 4. The number of likely N-dealkylation sites (tertiary alicyclic amines) is 1. The first kappa shape index (κ1) is 19.4. The molecule has 1 aromatic heterocycles. The van der Waals surface area contributed by atoms with E-state index in [0.717, 1.165) is 24.9 Å². The molecule has 1 aromatic carbocycles. The fraction of sp³-hybridized carbons (Fsp3) is 0.333. The number of amides is 4. The average Bonchev–Trinajstić information content (AvgIpc) is 3.24. The Morgan fingerprint density at radius 3 is 2.71 bits per heavy atom. The van der Waals surface area contributed by atoms with Crippen molar-refractivity contribution >= 4 is 29.2 Å². The molecule has 0 aliphatic carbocycles. The summed E-state index contributed by atoms with van der Waals surface area (Å²) in [6.07, 6.45) is 4.66. The van der Waals surface area contributed by atoms with Gasteiger partial charge in [-0.1, -0.05) is 12.1 Å². The number of anilines is 2. The van der Waals surface area contributed by atoms with Gasteiger partial charge in [-0.05, 0) is 37.1 Å². The van der Waals surface area contributed by atoms with E-state index in [0.29, 0.717) is 17.9 Å². The SMILES string of the molecule is NC(=O)Cn1cc(NC(=O)Nc2cccc(CN3CCC[C@@H]3C(N)=O)c2)cn1. The van der Waals surface area contributed by atoms with E-state index >= 15 is 0 Å². The van der Waals surface area contributed by atoms with Crippen LogP contribution in [0.25, 0.3) is 0 Å². The number of nitrogens with two attached hydrogens (primary N) is 2. The third-order valence-corrected chi connectivity index (χ3v) is 4.47. The van der Waals surface area contributed by atoms with E-state index in [-0.39, 0.29) is 18.5 Å². The summed E-state index contributed by atoms with van der Waals surface area (Å²) in [4.78, 5) is 36.7. The average molecular weight is 385 g/mol. The minimum atomic E-state index is -0.521. The number of primary amides is 2. The van der Waals surface area contributed by atoms with Gasteiger partial charge in [0, 0.05) is 18.4 Å². The van der Waals surface area contributed by atoms with Gasteiger partial charge >= 0.3 is 6.03 Å². The van der Waals surface area contributed by atoms with Gasteiger partial charge in [0.2, 0.25) is 11.8 Å². The summed E-state index contributed by atoms with van der Waals surface area (Å²) in [7, 11) is 0. The third kappa shape index (κ3) is 5.07. The van der Waals surface area contributed by atoms with E-state index < -0.39 is 11.9 Å². The Labute approximate surface area is 161 Å². The molecule has 0 spiro atoms. The van der Waals surface area contributed by atoms with Crippen molar-refractivity contribution in [3.05, 3.63) is 42.2 Å². The van der Waals surface area contributed by atoms with Crippen LogP contribution in [-0.2, 0) is 22.7 Å². The summed E-state index contributed by atoms with van der Waals surface area (Å²) in [6.45, 7) is 1.35. The number of aromatic nitrogens is 2. The van der Waals surface area contributed by atoms with E-state index in [4.69, 9.17) is 11.5 Å². The second-order valence-electron chi connectivity index (χ2n) is 6.70. The molecule has 1 aliphatic rings. The predicted molar refractivity (Wildman–Crippen MR) is 103 cm³/mol. The van der Waals surface area contributed by atoms with Crippen molar-refractivity contribution < 1.29 is 14.4 Å². The third-order valence-electron chi connectivity index (χ3n) is 4.47. The molecule has 3 rings (SSSR count). The van der Waals surface area contributed by atoms with E-state index in [1.54, 1.807) is 6.07 Å². The highest BCUT2D eigenvalue weighted by Gasteiger charge is 2.28. The maximum absolute atomic E-state index is 12.2. The first-order valence-electron chi connectivity index (χ1n) is 8.92. The zero-order valence-corrected chi connectivity index (χ0v) is 15.3. The first-order valence-corrected chi connectivity index (χ1v) is 8.92. The molecule has 2 heterocycles. The fourth-order valence-corrected chi connectivity index (χ4v) is 3.29. The second kappa shape index (κ2) is 8.53. The van der Waals surface area contributed by atoms with Crippen LogP contribution in [0.5, 0.6) is 0 Å². The maximum atomic E-state index is 12.2. The highest BCUT2D eigenvalue weighted by atomic mass is 16.2. The van der Waals surface area contributed by atoms with Crippen LogP contribution in [-0.4, -0.2) is 45.1 Å². The highest BCUT2D eigenvalue weighted by molar-refractivity contribution is 5.99. The molecule has 0 saturated carbocycles. The Morgan fingerprint density at radius 2 is 1.96 bits per heavy atom. The number of carbonyl (C=O) groups excluding carboxylic acids is 3. The number of nitrogens with one attached hydrogen (secondary N) is 2. The Morgan fingerprint density at radius 1 is 1.18 bits per heavy atom. The van der Waals surface area contributed by atoms with Gasteiger partial charge in [0.25, 0.3) is 0 Å². The van der Waals surface area contributed by atoms with E-state index in [9.17, 15) is 14.4 Å². The summed E-state index contributed by atoms with van der Waals surface area (Å²) >= 11 is 0. The van der Waals surface area contributed by atoms with Gasteiger partial charge in [-0.3, -0.25) is 19.2 Å². The zero-order chi connectivity index (χ0) is 20.1. The summed E-state index contributed by atoms with van der Waals surface area (Å²) in [5.41, 5.74) is 12.6. The molecule has 1 fully saturated rings. The van der Waals surface area contributed by atoms with Crippen LogP contribution in [0.1, 0.15) is 18.4 Å². The summed E-state index contributed by atoms with van der Waals surface area (Å²) in [5.74, 6) is -0.824. The molecule has 0 radical (unpaired) electrons. The van der Waals surface area contributed by atoms with Crippen LogP contribution in [0.3, 0.4) is 0 Å². The fourth-order valence-electron chi connectivity index (χ4n) is 3.29. The molecule has 6 N–H and O–H groups in total. The van der Waals surface area contributed by atoms with Gasteiger partial charge < -0.3 is 22.1 Å². The molecule has 2 aromatic rings. The predicted octanol–water partition coefficient (Wildman–Crippen LogP) is 0.462. The van der Waals surface area contributed by atoms with Crippen LogP contribution < -0.4 is 22.1 Å². The molecule has 1 atom stereocenters. The maximum Gasteiger partial charge on any atom is 0.323 e. The van der Waals surface area contributed by atoms with Crippen LogP contribution >= 0.6 is 0 Å². The molecule has 1 saturated heterocycles. The number of benzene rings is 1. The van der Waals surface area contributed by atoms with Crippen LogP contribution in [0.4, 0.5) is 16.2 Å². The molecule has 148 valence electrons. The number of nitrogens with zero attached hydrogens (tertiary/aromatic N) is 3. The van der Waals surface area contributed by atoms with Gasteiger partial charge in [-0.15, -0.1) is 0 Å². The molecule has 0 bridgehead atoms. The Balaban J connectivity index is 1.58. The molecule has 1 aliphatic heterocycles. The largest absolute Gasteiger partial charge is 0.368 e. The lowest BCUT2D eigenvalue weighted by atomic mass is 10.1. The van der Waals surface area contributed by atoms with Crippen LogP contribution in [0.15, 0.2) is 36.7 Å². The van der Waals surface area contributed by atoms with Gasteiger partial charge in [0.1, 0.15) is 6.54 Å². The number of carbonyl (C=O) groups is 3. The summed E-state index contributed by atoms with van der Waals surface area (Å²) in [5, 5.41) is 9.33.